The molecule has 1 N–H and O–H groups in total. The zero-order valence-electron chi connectivity index (χ0n) is 13.7. The number of carbonyl (C=O) groups excluding carboxylic acids is 1. The van der Waals surface area contributed by atoms with Crippen molar-refractivity contribution in [3.8, 4) is 0 Å². The van der Waals surface area contributed by atoms with Gasteiger partial charge in [0.25, 0.3) is 5.91 Å². The molecule has 1 aromatic carbocycles. The van der Waals surface area contributed by atoms with Crippen molar-refractivity contribution in [3.05, 3.63) is 53.0 Å². The van der Waals surface area contributed by atoms with Crippen LogP contribution in [-0.2, 0) is 0 Å². The highest BCUT2D eigenvalue weighted by Crippen LogP contribution is 2.40. The second kappa shape index (κ2) is 6.04. The lowest BCUT2D eigenvalue weighted by atomic mass is 9.97. The first-order chi connectivity index (χ1) is 11.6. The van der Waals surface area contributed by atoms with Crippen LogP contribution in [0.25, 0.3) is 0 Å². The Bertz CT molecular complexity index is 749. The Morgan fingerprint density at radius 3 is 2.58 bits per heavy atom. The highest BCUT2D eigenvalue weighted by molar-refractivity contribution is 5.92. The summed E-state index contributed by atoms with van der Waals surface area (Å²) >= 11 is 0. The molecule has 2 aliphatic rings. The van der Waals surface area contributed by atoms with Gasteiger partial charge >= 0.3 is 0 Å². The normalized spacial score (nSPS) is 23.4. The van der Waals surface area contributed by atoms with E-state index >= 15 is 0 Å². The quantitative estimate of drug-likeness (QED) is 0.920. The lowest BCUT2D eigenvalue weighted by Gasteiger charge is -2.13. The molecule has 2 fully saturated rings. The fraction of sp³-hybridized carbons (Fsp3) is 0.474. The Balaban J connectivity index is 1.39. The van der Waals surface area contributed by atoms with Gasteiger partial charge < -0.3 is 9.73 Å². The van der Waals surface area contributed by atoms with Gasteiger partial charge in [-0.15, -0.1) is 0 Å². The summed E-state index contributed by atoms with van der Waals surface area (Å²) in [7, 11) is 0. The van der Waals surface area contributed by atoms with Crippen LogP contribution in [0.1, 0.15) is 71.6 Å². The van der Waals surface area contributed by atoms with Gasteiger partial charge in [0.15, 0.2) is 5.89 Å². The molecule has 2 saturated carbocycles. The molecule has 4 rings (SSSR count). The van der Waals surface area contributed by atoms with Gasteiger partial charge in [-0.1, -0.05) is 12.1 Å². The summed E-state index contributed by atoms with van der Waals surface area (Å²) in [6.07, 6.45) is 5.00. The van der Waals surface area contributed by atoms with Crippen molar-refractivity contribution >= 4 is 5.91 Å². The number of carbonyl (C=O) groups is 1. The molecule has 0 unspecified atom stereocenters. The largest absolute Gasteiger partial charge is 0.435 e. The van der Waals surface area contributed by atoms with Crippen molar-refractivity contribution in [1.82, 2.24) is 10.3 Å². The van der Waals surface area contributed by atoms with Gasteiger partial charge in [-0.05, 0) is 62.6 Å². The van der Waals surface area contributed by atoms with Gasteiger partial charge in [-0.2, -0.15) is 0 Å². The first-order valence-electron chi connectivity index (χ1n) is 8.64. The van der Waals surface area contributed by atoms with Crippen molar-refractivity contribution in [2.24, 2.45) is 0 Å². The van der Waals surface area contributed by atoms with Crippen molar-refractivity contribution in [1.29, 1.82) is 0 Å². The maximum absolute atomic E-state index is 13.0. The van der Waals surface area contributed by atoms with E-state index in [0.29, 0.717) is 29.2 Å². The second-order valence-corrected chi connectivity index (χ2v) is 6.97. The SMILES string of the molecule is Cc1nc(C2CC2)oc1C(=O)N[C@@H]1CC[C@H](c2ccc(F)cc2)C1. The maximum atomic E-state index is 13.0. The number of nitrogens with one attached hydrogen (secondary N) is 1. The van der Waals surface area contributed by atoms with Crippen molar-refractivity contribution in [3.63, 3.8) is 0 Å². The molecule has 4 nitrogen and oxygen atoms in total. The zero-order valence-corrected chi connectivity index (χ0v) is 13.7. The van der Waals surface area contributed by atoms with Crippen molar-refractivity contribution in [2.45, 2.75) is 56.9 Å². The van der Waals surface area contributed by atoms with Gasteiger partial charge in [0.1, 0.15) is 5.82 Å². The van der Waals surface area contributed by atoms with Crippen LogP contribution in [0.2, 0.25) is 0 Å². The van der Waals surface area contributed by atoms with Gasteiger partial charge in [-0.25, -0.2) is 9.37 Å². The van der Waals surface area contributed by atoms with E-state index in [4.69, 9.17) is 4.42 Å². The molecule has 0 spiro atoms. The van der Waals surface area contributed by atoms with Gasteiger partial charge in [0, 0.05) is 12.0 Å². The molecule has 5 heteroatoms. The second-order valence-electron chi connectivity index (χ2n) is 6.97. The average Bonchev–Trinajstić information content (AvgIpc) is 3.19. The Labute approximate surface area is 140 Å². The third-order valence-electron chi connectivity index (χ3n) is 5.06. The van der Waals surface area contributed by atoms with Crippen molar-refractivity contribution < 1.29 is 13.6 Å². The number of halogens is 1. The summed E-state index contributed by atoms with van der Waals surface area (Å²) in [5, 5.41) is 3.07. The molecule has 24 heavy (non-hydrogen) atoms. The summed E-state index contributed by atoms with van der Waals surface area (Å²) in [5.41, 5.74) is 1.81. The Hall–Kier alpha value is -2.17. The number of amides is 1. The number of nitrogens with zero attached hydrogens (tertiary/aromatic N) is 1. The minimum atomic E-state index is -0.214. The predicted octanol–water partition coefficient (Wildman–Crippen LogP) is 4.07. The van der Waals surface area contributed by atoms with Gasteiger partial charge in [-0.3, -0.25) is 4.79 Å². The summed E-state index contributed by atoms with van der Waals surface area (Å²) in [6, 6.07) is 6.80. The minimum Gasteiger partial charge on any atom is -0.435 e. The van der Waals surface area contributed by atoms with Crippen LogP contribution in [0.3, 0.4) is 0 Å². The van der Waals surface area contributed by atoms with Crippen LogP contribution in [0, 0.1) is 12.7 Å². The molecule has 2 aliphatic carbocycles. The minimum absolute atomic E-state index is 0.126. The highest BCUT2D eigenvalue weighted by atomic mass is 19.1. The summed E-state index contributed by atoms with van der Waals surface area (Å²) in [5.74, 6) is 1.44. The van der Waals surface area contributed by atoms with E-state index in [1.165, 1.54) is 12.1 Å². The molecule has 1 amide bonds. The smallest absolute Gasteiger partial charge is 0.289 e. The Morgan fingerprint density at radius 1 is 1.17 bits per heavy atom. The predicted molar refractivity (Wildman–Crippen MR) is 87.5 cm³/mol. The summed E-state index contributed by atoms with van der Waals surface area (Å²) in [6.45, 7) is 1.82. The van der Waals surface area contributed by atoms with E-state index in [0.717, 1.165) is 37.7 Å². The van der Waals surface area contributed by atoms with E-state index < -0.39 is 0 Å². The van der Waals surface area contributed by atoms with Crippen LogP contribution in [0.5, 0.6) is 0 Å². The van der Waals surface area contributed by atoms with Crippen LogP contribution >= 0.6 is 0 Å². The van der Waals surface area contributed by atoms with E-state index in [1.807, 2.05) is 19.1 Å². The number of aromatic nitrogens is 1. The Morgan fingerprint density at radius 2 is 1.88 bits per heavy atom. The van der Waals surface area contributed by atoms with E-state index in [1.54, 1.807) is 0 Å². The third-order valence-corrected chi connectivity index (χ3v) is 5.06. The molecule has 0 aliphatic heterocycles. The zero-order chi connectivity index (χ0) is 16.7. The topological polar surface area (TPSA) is 55.1 Å². The standard InChI is InChI=1S/C19H21FN2O2/c1-11-17(24-19(21-11)13-2-3-13)18(23)22-16-9-6-14(10-16)12-4-7-15(20)8-5-12/h4-5,7-8,13-14,16H,2-3,6,9-10H2,1H3,(H,22,23)/t14-,16+/m0/s1. The fourth-order valence-electron chi connectivity index (χ4n) is 3.53. The molecule has 0 radical (unpaired) electrons. The van der Waals surface area contributed by atoms with E-state index in [9.17, 15) is 9.18 Å². The maximum Gasteiger partial charge on any atom is 0.289 e. The number of oxazole rings is 1. The van der Waals surface area contributed by atoms with Crippen LogP contribution in [-0.4, -0.2) is 16.9 Å². The molecule has 1 heterocycles. The molecule has 2 atom stereocenters. The molecule has 2 aromatic rings. The lowest BCUT2D eigenvalue weighted by Crippen LogP contribution is -2.33. The fourth-order valence-corrected chi connectivity index (χ4v) is 3.53. The van der Waals surface area contributed by atoms with Gasteiger partial charge in [0.05, 0.1) is 5.69 Å². The van der Waals surface area contributed by atoms with E-state index in [-0.39, 0.29) is 17.8 Å². The summed E-state index contributed by atoms with van der Waals surface area (Å²) < 4.78 is 18.7. The number of aryl methyl sites for hydroxylation is 1. The third kappa shape index (κ3) is 3.07. The van der Waals surface area contributed by atoms with Crippen LogP contribution < -0.4 is 5.32 Å². The van der Waals surface area contributed by atoms with Crippen LogP contribution in [0.4, 0.5) is 4.39 Å². The molecular weight excluding hydrogens is 307 g/mol. The average molecular weight is 328 g/mol. The Kier molecular flexibility index (Phi) is 3.87. The molecular formula is C19H21FN2O2. The van der Waals surface area contributed by atoms with Gasteiger partial charge in [0.2, 0.25) is 5.76 Å². The first-order valence-corrected chi connectivity index (χ1v) is 8.64. The number of hydrogen-bond donors (Lipinski definition) is 1. The number of hydrogen-bond acceptors (Lipinski definition) is 3. The molecule has 0 bridgehead atoms. The first kappa shape index (κ1) is 15.4. The number of benzene rings is 1. The lowest BCUT2D eigenvalue weighted by molar-refractivity contribution is 0.0907. The monoisotopic (exact) mass is 328 g/mol. The highest BCUT2D eigenvalue weighted by Gasteiger charge is 2.32. The molecule has 126 valence electrons. The molecule has 0 saturated heterocycles. The van der Waals surface area contributed by atoms with Crippen LogP contribution in [0.15, 0.2) is 28.7 Å². The van der Waals surface area contributed by atoms with E-state index in [2.05, 4.69) is 10.3 Å². The van der Waals surface area contributed by atoms with Crippen molar-refractivity contribution in [2.75, 3.05) is 0 Å². The number of rotatable bonds is 4. The molecule has 1 aromatic heterocycles. The summed E-state index contributed by atoms with van der Waals surface area (Å²) in [4.78, 5) is 16.8.